The van der Waals surface area contributed by atoms with Crippen LogP contribution in [-0.2, 0) is 9.53 Å². The molecule has 102 valence electrons. The standard InChI is InChI=1S/C13H14FNO4/c1-13(19-6-11(16)17)7-15(8-13)12(18)9-3-2-4-10(14)5-9/h2-5H,6-8H2,1H3,(H,16,17). The first-order chi connectivity index (χ1) is 8.89. The Labute approximate surface area is 109 Å². The molecule has 1 fully saturated rings. The van der Waals surface area contributed by atoms with E-state index in [0.29, 0.717) is 13.1 Å². The van der Waals surface area contributed by atoms with E-state index in [1.165, 1.54) is 23.1 Å². The van der Waals surface area contributed by atoms with Crippen LogP contribution in [0.2, 0.25) is 0 Å². The van der Waals surface area contributed by atoms with Gasteiger partial charge in [0.1, 0.15) is 18.0 Å². The maximum Gasteiger partial charge on any atom is 0.329 e. The Bertz CT molecular complexity index is 511. The van der Waals surface area contributed by atoms with Crippen LogP contribution in [0, 0.1) is 5.82 Å². The lowest BCUT2D eigenvalue weighted by Crippen LogP contribution is -2.63. The molecule has 0 spiro atoms. The number of amides is 1. The van der Waals surface area contributed by atoms with Crippen LogP contribution < -0.4 is 0 Å². The molecule has 0 atom stereocenters. The number of carbonyl (C=O) groups is 2. The molecule has 1 heterocycles. The van der Waals surface area contributed by atoms with E-state index >= 15 is 0 Å². The summed E-state index contributed by atoms with van der Waals surface area (Å²) in [5.41, 5.74) is -0.359. The SMILES string of the molecule is CC1(OCC(=O)O)CN(C(=O)c2cccc(F)c2)C1. The Morgan fingerprint density at radius 1 is 1.47 bits per heavy atom. The molecule has 0 aliphatic carbocycles. The number of ether oxygens (including phenoxy) is 1. The molecule has 1 aliphatic rings. The molecule has 1 aromatic rings. The third-order valence-corrected chi connectivity index (χ3v) is 2.95. The Morgan fingerprint density at radius 3 is 2.74 bits per heavy atom. The number of nitrogens with zero attached hydrogens (tertiary/aromatic N) is 1. The summed E-state index contributed by atoms with van der Waals surface area (Å²) in [6.07, 6.45) is 0. The number of carbonyl (C=O) groups excluding carboxylic acids is 1. The van der Waals surface area contributed by atoms with Gasteiger partial charge in [-0.25, -0.2) is 9.18 Å². The molecule has 1 amide bonds. The van der Waals surface area contributed by atoms with Crippen molar-refractivity contribution in [3.05, 3.63) is 35.6 Å². The smallest absolute Gasteiger partial charge is 0.329 e. The minimum Gasteiger partial charge on any atom is -0.480 e. The maximum absolute atomic E-state index is 13.0. The third kappa shape index (κ3) is 3.08. The first-order valence-electron chi connectivity index (χ1n) is 5.80. The molecular weight excluding hydrogens is 253 g/mol. The van der Waals surface area contributed by atoms with E-state index in [9.17, 15) is 14.0 Å². The normalized spacial score (nSPS) is 16.8. The van der Waals surface area contributed by atoms with Crippen molar-refractivity contribution in [1.29, 1.82) is 0 Å². The molecule has 5 nitrogen and oxygen atoms in total. The predicted octanol–water partition coefficient (Wildman–Crippen LogP) is 1.14. The van der Waals surface area contributed by atoms with Crippen molar-refractivity contribution in [1.82, 2.24) is 4.90 Å². The van der Waals surface area contributed by atoms with Gasteiger partial charge in [-0.15, -0.1) is 0 Å². The third-order valence-electron chi connectivity index (χ3n) is 2.95. The Balaban J connectivity index is 1.93. The zero-order chi connectivity index (χ0) is 14.0. The summed E-state index contributed by atoms with van der Waals surface area (Å²) in [5, 5.41) is 8.53. The van der Waals surface area contributed by atoms with Crippen molar-refractivity contribution < 1.29 is 23.8 Å². The van der Waals surface area contributed by atoms with E-state index in [0.717, 1.165) is 0 Å². The van der Waals surface area contributed by atoms with E-state index in [4.69, 9.17) is 9.84 Å². The van der Waals surface area contributed by atoms with Gasteiger partial charge in [0, 0.05) is 5.56 Å². The highest BCUT2D eigenvalue weighted by molar-refractivity contribution is 5.94. The van der Waals surface area contributed by atoms with Crippen LogP contribution in [0.1, 0.15) is 17.3 Å². The van der Waals surface area contributed by atoms with Gasteiger partial charge in [0.05, 0.1) is 13.1 Å². The Morgan fingerprint density at radius 2 is 2.16 bits per heavy atom. The van der Waals surface area contributed by atoms with Crippen LogP contribution in [0.5, 0.6) is 0 Å². The van der Waals surface area contributed by atoms with Crippen molar-refractivity contribution in [2.75, 3.05) is 19.7 Å². The minimum atomic E-state index is -1.05. The summed E-state index contributed by atoms with van der Waals surface area (Å²) < 4.78 is 18.2. The molecular formula is C13H14FNO4. The van der Waals surface area contributed by atoms with Crippen LogP contribution in [0.25, 0.3) is 0 Å². The van der Waals surface area contributed by atoms with Gasteiger partial charge in [-0.1, -0.05) is 6.07 Å². The zero-order valence-electron chi connectivity index (χ0n) is 10.4. The van der Waals surface area contributed by atoms with Gasteiger partial charge in [-0.3, -0.25) is 4.79 Å². The fourth-order valence-corrected chi connectivity index (χ4v) is 2.04. The van der Waals surface area contributed by atoms with Crippen LogP contribution >= 0.6 is 0 Å². The summed E-state index contributed by atoms with van der Waals surface area (Å²) in [6, 6.07) is 5.46. The van der Waals surface area contributed by atoms with Gasteiger partial charge in [0.15, 0.2) is 0 Å². The van der Waals surface area contributed by atoms with Crippen molar-refractivity contribution in [2.24, 2.45) is 0 Å². The van der Waals surface area contributed by atoms with Gasteiger partial charge in [0.25, 0.3) is 5.91 Å². The minimum absolute atomic E-state index is 0.278. The van der Waals surface area contributed by atoms with E-state index in [1.54, 1.807) is 13.0 Å². The topological polar surface area (TPSA) is 66.8 Å². The lowest BCUT2D eigenvalue weighted by Gasteiger charge is -2.47. The Kier molecular flexibility index (Phi) is 3.53. The zero-order valence-corrected chi connectivity index (χ0v) is 10.4. The lowest BCUT2D eigenvalue weighted by molar-refractivity contribution is -0.159. The van der Waals surface area contributed by atoms with Gasteiger partial charge >= 0.3 is 5.97 Å². The summed E-state index contributed by atoms with van der Waals surface area (Å²) in [6.45, 7) is 1.95. The molecule has 0 radical (unpaired) electrons. The Hall–Kier alpha value is -1.95. The molecule has 0 saturated carbocycles. The molecule has 1 aliphatic heterocycles. The summed E-state index contributed by atoms with van der Waals surface area (Å²) >= 11 is 0. The van der Waals surface area contributed by atoms with Crippen molar-refractivity contribution in [3.63, 3.8) is 0 Å². The highest BCUT2D eigenvalue weighted by Crippen LogP contribution is 2.26. The average molecular weight is 267 g/mol. The largest absolute Gasteiger partial charge is 0.480 e. The van der Waals surface area contributed by atoms with Gasteiger partial charge in [0.2, 0.25) is 0 Å². The summed E-state index contributed by atoms with van der Waals surface area (Å²) in [5.74, 6) is -1.79. The number of rotatable bonds is 4. The molecule has 0 aromatic heterocycles. The molecule has 2 rings (SSSR count). The molecule has 0 bridgehead atoms. The number of likely N-dealkylation sites (tertiary alicyclic amines) is 1. The maximum atomic E-state index is 13.0. The van der Waals surface area contributed by atoms with Gasteiger partial charge < -0.3 is 14.7 Å². The molecule has 0 unspecified atom stereocenters. The van der Waals surface area contributed by atoms with Crippen molar-refractivity contribution in [3.8, 4) is 0 Å². The van der Waals surface area contributed by atoms with E-state index in [1.807, 2.05) is 0 Å². The number of benzene rings is 1. The summed E-state index contributed by atoms with van der Waals surface area (Å²) in [7, 11) is 0. The predicted molar refractivity (Wildman–Crippen MR) is 64.3 cm³/mol. The number of carboxylic acids is 1. The van der Waals surface area contributed by atoms with Crippen LogP contribution in [-0.4, -0.2) is 47.2 Å². The summed E-state index contributed by atoms with van der Waals surface area (Å²) in [4.78, 5) is 23.9. The average Bonchev–Trinajstić information content (AvgIpc) is 2.32. The van der Waals surface area contributed by atoms with Gasteiger partial charge in [-0.05, 0) is 25.1 Å². The van der Waals surface area contributed by atoms with Crippen molar-refractivity contribution >= 4 is 11.9 Å². The van der Waals surface area contributed by atoms with E-state index in [-0.39, 0.29) is 11.5 Å². The number of halogens is 1. The molecule has 1 aromatic carbocycles. The quantitative estimate of drug-likeness (QED) is 0.888. The van der Waals surface area contributed by atoms with E-state index in [2.05, 4.69) is 0 Å². The highest BCUT2D eigenvalue weighted by Gasteiger charge is 2.42. The molecule has 6 heteroatoms. The van der Waals surface area contributed by atoms with E-state index < -0.39 is 24.0 Å². The first kappa shape index (κ1) is 13.5. The fourth-order valence-electron chi connectivity index (χ4n) is 2.04. The first-order valence-corrected chi connectivity index (χ1v) is 5.80. The highest BCUT2D eigenvalue weighted by atomic mass is 19.1. The fraction of sp³-hybridized carbons (Fsp3) is 0.385. The second kappa shape index (κ2) is 4.97. The van der Waals surface area contributed by atoms with Crippen LogP contribution in [0.4, 0.5) is 4.39 Å². The van der Waals surface area contributed by atoms with Crippen LogP contribution in [0.3, 0.4) is 0 Å². The lowest BCUT2D eigenvalue weighted by atomic mass is 9.95. The monoisotopic (exact) mass is 267 g/mol. The number of aliphatic carboxylic acids is 1. The van der Waals surface area contributed by atoms with Crippen LogP contribution in [0.15, 0.2) is 24.3 Å². The van der Waals surface area contributed by atoms with Crippen molar-refractivity contribution in [2.45, 2.75) is 12.5 Å². The number of hydrogen-bond donors (Lipinski definition) is 1. The van der Waals surface area contributed by atoms with Gasteiger partial charge in [-0.2, -0.15) is 0 Å². The second-order valence-electron chi connectivity index (χ2n) is 4.80. The second-order valence-corrected chi connectivity index (χ2v) is 4.80. The number of carboxylic acid groups (broad SMARTS) is 1. The molecule has 1 saturated heterocycles. The molecule has 19 heavy (non-hydrogen) atoms. The molecule has 1 N–H and O–H groups in total. The number of hydrogen-bond acceptors (Lipinski definition) is 3.